The van der Waals surface area contributed by atoms with Crippen LogP contribution in [0.1, 0.15) is 16.1 Å². The van der Waals surface area contributed by atoms with Gasteiger partial charge in [-0.05, 0) is 23.1 Å². The fourth-order valence-corrected chi connectivity index (χ4v) is 2.61. The molecule has 0 radical (unpaired) electrons. The molecule has 0 fully saturated rings. The second-order valence-corrected chi connectivity index (χ2v) is 5.03. The normalized spacial score (nSPS) is 11.1. The van der Waals surface area contributed by atoms with Crippen molar-refractivity contribution in [2.24, 2.45) is 5.73 Å². The third-order valence-electron chi connectivity index (χ3n) is 2.73. The molecule has 3 nitrogen and oxygen atoms in total. The maximum atomic E-state index is 5.63. The van der Waals surface area contributed by atoms with Gasteiger partial charge in [-0.1, -0.05) is 12.1 Å². The van der Waals surface area contributed by atoms with Gasteiger partial charge in [0.1, 0.15) is 5.65 Å². The van der Waals surface area contributed by atoms with Crippen molar-refractivity contribution in [2.75, 3.05) is 0 Å². The highest BCUT2D eigenvalue weighted by Crippen LogP contribution is 2.15. The molecule has 0 spiro atoms. The summed E-state index contributed by atoms with van der Waals surface area (Å²) in [7, 11) is 0. The van der Waals surface area contributed by atoms with Crippen LogP contribution in [0.25, 0.3) is 5.65 Å². The lowest BCUT2D eigenvalue weighted by molar-refractivity contribution is 1.03. The van der Waals surface area contributed by atoms with Gasteiger partial charge in [0.25, 0.3) is 0 Å². The van der Waals surface area contributed by atoms with Gasteiger partial charge in [-0.25, -0.2) is 4.98 Å². The average Bonchev–Trinajstić information content (AvgIpc) is 2.96. The maximum absolute atomic E-state index is 5.63. The van der Waals surface area contributed by atoms with Gasteiger partial charge in [0.05, 0.1) is 5.69 Å². The van der Waals surface area contributed by atoms with Gasteiger partial charge < -0.3 is 10.1 Å². The number of rotatable bonds is 3. The van der Waals surface area contributed by atoms with Crippen LogP contribution in [0.5, 0.6) is 0 Å². The van der Waals surface area contributed by atoms with E-state index in [0.29, 0.717) is 6.54 Å². The lowest BCUT2D eigenvalue weighted by atomic mass is 10.3. The van der Waals surface area contributed by atoms with E-state index in [1.165, 1.54) is 4.88 Å². The Hall–Kier alpha value is -1.65. The number of hydrogen-bond donors (Lipinski definition) is 1. The van der Waals surface area contributed by atoms with Gasteiger partial charge in [0.2, 0.25) is 0 Å². The first-order valence-electron chi connectivity index (χ1n) is 5.54. The molecule has 86 valence electrons. The molecule has 3 aromatic heterocycles. The zero-order valence-corrected chi connectivity index (χ0v) is 10.2. The fourth-order valence-electron chi connectivity index (χ4n) is 1.89. The predicted molar refractivity (Wildman–Crippen MR) is 70.2 cm³/mol. The Bertz CT molecular complexity index is 625. The van der Waals surface area contributed by atoms with Crippen molar-refractivity contribution in [2.45, 2.75) is 13.0 Å². The molecule has 0 unspecified atom stereocenters. The minimum atomic E-state index is 0.564. The maximum Gasteiger partial charge on any atom is 0.137 e. The second-order valence-electron chi connectivity index (χ2n) is 4.00. The molecule has 2 N–H and O–H groups in total. The summed E-state index contributed by atoms with van der Waals surface area (Å²) < 4.78 is 2.05. The summed E-state index contributed by atoms with van der Waals surface area (Å²) in [5, 5.41) is 2.09. The number of aromatic nitrogens is 2. The second kappa shape index (κ2) is 4.31. The third-order valence-corrected chi connectivity index (χ3v) is 3.61. The summed E-state index contributed by atoms with van der Waals surface area (Å²) in [5.74, 6) is 0. The minimum absolute atomic E-state index is 0.564. The van der Waals surface area contributed by atoms with E-state index in [2.05, 4.69) is 28.7 Å². The number of imidazole rings is 1. The van der Waals surface area contributed by atoms with Gasteiger partial charge in [-0.2, -0.15) is 0 Å². The monoisotopic (exact) mass is 243 g/mol. The van der Waals surface area contributed by atoms with E-state index in [0.717, 1.165) is 23.3 Å². The van der Waals surface area contributed by atoms with Crippen LogP contribution in [0.4, 0.5) is 0 Å². The van der Waals surface area contributed by atoms with E-state index in [1.807, 2.05) is 22.7 Å². The first-order valence-corrected chi connectivity index (χ1v) is 6.42. The number of pyridine rings is 1. The van der Waals surface area contributed by atoms with Crippen LogP contribution >= 0.6 is 11.3 Å². The first-order chi connectivity index (χ1) is 8.35. The Morgan fingerprint density at radius 3 is 2.94 bits per heavy atom. The quantitative estimate of drug-likeness (QED) is 0.768. The number of nitrogens with zero attached hydrogens (tertiary/aromatic N) is 2. The van der Waals surface area contributed by atoms with Crippen molar-refractivity contribution < 1.29 is 0 Å². The molecule has 0 bridgehead atoms. The summed E-state index contributed by atoms with van der Waals surface area (Å²) in [6, 6.07) is 8.25. The van der Waals surface area contributed by atoms with Crippen LogP contribution in [0.15, 0.2) is 42.0 Å². The van der Waals surface area contributed by atoms with Crippen molar-refractivity contribution in [3.8, 4) is 0 Å². The molecule has 0 aliphatic rings. The molecule has 0 aliphatic heterocycles. The Balaban J connectivity index is 1.96. The van der Waals surface area contributed by atoms with E-state index < -0.39 is 0 Å². The lowest BCUT2D eigenvalue weighted by Crippen LogP contribution is -1.97. The summed E-state index contributed by atoms with van der Waals surface area (Å²) in [5.41, 5.74) is 8.83. The van der Waals surface area contributed by atoms with Crippen molar-refractivity contribution in [3.63, 3.8) is 0 Å². The highest BCUT2D eigenvalue weighted by Gasteiger charge is 2.03. The zero-order chi connectivity index (χ0) is 11.7. The summed E-state index contributed by atoms with van der Waals surface area (Å²) in [4.78, 5) is 5.93. The molecule has 3 heterocycles. The van der Waals surface area contributed by atoms with Gasteiger partial charge in [-0.3, -0.25) is 0 Å². The average molecular weight is 243 g/mol. The van der Waals surface area contributed by atoms with Gasteiger partial charge in [0.15, 0.2) is 0 Å². The highest BCUT2D eigenvalue weighted by atomic mass is 32.1. The first kappa shape index (κ1) is 10.5. The smallest absolute Gasteiger partial charge is 0.137 e. The predicted octanol–water partition coefficient (Wildman–Crippen LogP) is 2.45. The summed E-state index contributed by atoms with van der Waals surface area (Å²) >= 11 is 1.77. The van der Waals surface area contributed by atoms with Gasteiger partial charge in [0, 0.05) is 30.2 Å². The molecule has 0 aliphatic carbocycles. The van der Waals surface area contributed by atoms with Crippen molar-refractivity contribution in [1.29, 1.82) is 0 Å². The molecule has 3 rings (SSSR count). The zero-order valence-electron chi connectivity index (χ0n) is 9.34. The van der Waals surface area contributed by atoms with E-state index in [-0.39, 0.29) is 0 Å². The van der Waals surface area contributed by atoms with Crippen LogP contribution in [-0.4, -0.2) is 9.38 Å². The van der Waals surface area contributed by atoms with Crippen LogP contribution in [-0.2, 0) is 13.0 Å². The molecule has 0 aromatic carbocycles. The molecule has 4 heteroatoms. The fraction of sp³-hybridized carbons (Fsp3) is 0.154. The van der Waals surface area contributed by atoms with E-state index in [9.17, 15) is 0 Å². The Labute approximate surface area is 104 Å². The van der Waals surface area contributed by atoms with Crippen molar-refractivity contribution >= 4 is 17.0 Å². The molecular weight excluding hydrogens is 230 g/mol. The summed E-state index contributed by atoms with van der Waals surface area (Å²) in [6.07, 6.45) is 5.02. The Morgan fingerprint density at radius 1 is 1.24 bits per heavy atom. The molecule has 0 saturated carbocycles. The van der Waals surface area contributed by atoms with E-state index >= 15 is 0 Å². The highest BCUT2D eigenvalue weighted by molar-refractivity contribution is 7.09. The Morgan fingerprint density at radius 2 is 2.18 bits per heavy atom. The number of thiophene rings is 1. The van der Waals surface area contributed by atoms with Crippen molar-refractivity contribution in [3.05, 3.63) is 58.2 Å². The molecule has 3 aromatic rings. The topological polar surface area (TPSA) is 43.3 Å². The molecule has 0 saturated heterocycles. The van der Waals surface area contributed by atoms with E-state index in [4.69, 9.17) is 5.73 Å². The third kappa shape index (κ3) is 2.09. The van der Waals surface area contributed by atoms with Crippen LogP contribution in [0.2, 0.25) is 0 Å². The van der Waals surface area contributed by atoms with Gasteiger partial charge >= 0.3 is 0 Å². The molecular formula is C13H13N3S. The Kier molecular flexibility index (Phi) is 2.66. The molecule has 0 atom stereocenters. The summed E-state index contributed by atoms with van der Waals surface area (Å²) in [6.45, 7) is 0.564. The minimum Gasteiger partial charge on any atom is -0.326 e. The molecule has 17 heavy (non-hydrogen) atoms. The van der Waals surface area contributed by atoms with Crippen LogP contribution < -0.4 is 5.73 Å². The number of fused-ring (bicyclic) bond motifs is 1. The van der Waals surface area contributed by atoms with E-state index in [1.54, 1.807) is 11.3 Å². The van der Waals surface area contributed by atoms with Crippen LogP contribution in [0, 0.1) is 0 Å². The SMILES string of the molecule is NCc1ccc2nc(Cc3cccs3)cn2c1. The standard InChI is InChI=1S/C13H13N3S/c14-7-10-3-4-13-15-11(9-16(13)8-10)6-12-2-1-5-17-12/h1-5,8-9H,6-7,14H2. The van der Waals surface area contributed by atoms with Crippen molar-refractivity contribution in [1.82, 2.24) is 9.38 Å². The number of nitrogens with two attached hydrogens (primary N) is 1. The van der Waals surface area contributed by atoms with Crippen LogP contribution in [0.3, 0.4) is 0 Å². The lowest BCUT2D eigenvalue weighted by Gasteiger charge is -1.96. The largest absolute Gasteiger partial charge is 0.326 e. The number of hydrogen-bond acceptors (Lipinski definition) is 3. The molecule has 0 amide bonds. The van der Waals surface area contributed by atoms with Gasteiger partial charge in [-0.15, -0.1) is 11.3 Å².